The Hall–Kier alpha value is -2.14. The number of para-hydroxylation sites is 1. The van der Waals surface area contributed by atoms with Gasteiger partial charge in [-0.25, -0.2) is 0 Å². The minimum atomic E-state index is -0.0884. The second-order valence-corrected chi connectivity index (χ2v) is 7.29. The molecule has 0 radical (unpaired) electrons. The summed E-state index contributed by atoms with van der Waals surface area (Å²) in [5.41, 5.74) is 0. The van der Waals surface area contributed by atoms with Crippen LogP contribution < -0.4 is 4.74 Å². The maximum absolute atomic E-state index is 11.0. The zero-order valence-electron chi connectivity index (χ0n) is 18.1. The van der Waals surface area contributed by atoms with Crippen LogP contribution in [0.3, 0.4) is 0 Å². The molecule has 5 nitrogen and oxygen atoms in total. The number of ether oxygens (including phenoxy) is 3. The lowest BCUT2D eigenvalue weighted by Crippen LogP contribution is -2.11. The van der Waals surface area contributed by atoms with Crippen molar-refractivity contribution in [3.05, 3.63) is 42.5 Å². The van der Waals surface area contributed by atoms with Gasteiger partial charge in [-0.1, -0.05) is 30.4 Å². The molecule has 0 aromatic heterocycles. The van der Waals surface area contributed by atoms with Gasteiger partial charge in [-0.3, -0.25) is 9.59 Å². The van der Waals surface area contributed by atoms with E-state index < -0.39 is 0 Å². The molecule has 1 atom stereocenters. The van der Waals surface area contributed by atoms with E-state index >= 15 is 0 Å². The minimum Gasteiger partial charge on any atom is -0.494 e. The number of unbranched alkanes of at least 4 members (excludes halogenated alkanes) is 1. The fourth-order valence-corrected chi connectivity index (χ4v) is 2.79. The predicted molar refractivity (Wildman–Crippen MR) is 115 cm³/mol. The molecular formula is C24H36O5. The Morgan fingerprint density at radius 3 is 2.55 bits per heavy atom. The summed E-state index contributed by atoms with van der Waals surface area (Å²) in [6, 6.07) is 9.76. The molecule has 0 spiro atoms. The average Bonchev–Trinajstić information content (AvgIpc) is 3.11. The number of hydrogen-bond acceptors (Lipinski definition) is 5. The van der Waals surface area contributed by atoms with Crippen LogP contribution in [-0.4, -0.2) is 37.2 Å². The Kier molecular flexibility index (Phi) is 13.5. The first-order chi connectivity index (χ1) is 14.0. The van der Waals surface area contributed by atoms with E-state index in [1.807, 2.05) is 57.2 Å². The third-order valence-electron chi connectivity index (χ3n) is 4.21. The van der Waals surface area contributed by atoms with Crippen LogP contribution in [0.15, 0.2) is 42.5 Å². The molecular weight excluding hydrogens is 368 g/mol. The van der Waals surface area contributed by atoms with Crippen LogP contribution in [0.1, 0.15) is 65.7 Å². The maximum Gasteiger partial charge on any atom is 0.306 e. The van der Waals surface area contributed by atoms with Crippen molar-refractivity contribution in [2.75, 3.05) is 13.2 Å². The van der Waals surface area contributed by atoms with Gasteiger partial charge < -0.3 is 14.2 Å². The highest BCUT2D eigenvalue weighted by Crippen LogP contribution is 2.18. The lowest BCUT2D eigenvalue weighted by molar-refractivity contribution is -0.147. The molecule has 1 fully saturated rings. The van der Waals surface area contributed by atoms with Gasteiger partial charge in [0.1, 0.15) is 11.5 Å². The Morgan fingerprint density at radius 2 is 1.93 bits per heavy atom. The van der Waals surface area contributed by atoms with Crippen LogP contribution in [0.4, 0.5) is 0 Å². The predicted octanol–water partition coefficient (Wildman–Crippen LogP) is 5.28. The summed E-state index contributed by atoms with van der Waals surface area (Å²) < 4.78 is 16.1. The Labute approximate surface area is 175 Å². The Bertz CT molecular complexity index is 595. The van der Waals surface area contributed by atoms with Crippen LogP contribution in [0.2, 0.25) is 0 Å². The van der Waals surface area contributed by atoms with Crippen LogP contribution in [-0.2, 0) is 19.1 Å². The molecule has 1 aliphatic rings. The first-order valence-electron chi connectivity index (χ1n) is 10.6. The normalized spacial score (nSPS) is 16.0. The first kappa shape index (κ1) is 24.9. The molecule has 162 valence electrons. The van der Waals surface area contributed by atoms with Crippen LogP contribution in [0.5, 0.6) is 5.75 Å². The van der Waals surface area contributed by atoms with E-state index in [4.69, 9.17) is 14.2 Å². The van der Waals surface area contributed by atoms with Gasteiger partial charge in [-0.2, -0.15) is 0 Å². The molecule has 0 aliphatic heterocycles. The highest BCUT2D eigenvalue weighted by Gasteiger charge is 2.22. The first-order valence-corrected chi connectivity index (χ1v) is 10.6. The largest absolute Gasteiger partial charge is 0.494 e. The highest BCUT2D eigenvalue weighted by molar-refractivity contribution is 5.81. The number of allylic oxidation sites excluding steroid dienone is 2. The molecule has 0 N–H and O–H groups in total. The van der Waals surface area contributed by atoms with Gasteiger partial charge in [-0.05, 0) is 52.2 Å². The molecule has 1 aromatic carbocycles. The van der Waals surface area contributed by atoms with Gasteiger partial charge in [0.2, 0.25) is 0 Å². The van der Waals surface area contributed by atoms with E-state index in [1.54, 1.807) is 0 Å². The zero-order valence-corrected chi connectivity index (χ0v) is 18.1. The lowest BCUT2D eigenvalue weighted by atomic mass is 10.2. The van der Waals surface area contributed by atoms with Crippen molar-refractivity contribution in [2.24, 2.45) is 0 Å². The number of Topliss-reactive ketones (excluding diaryl/α,β-unsaturated/α-hetero) is 1. The molecule has 5 heteroatoms. The van der Waals surface area contributed by atoms with Crippen molar-refractivity contribution in [1.82, 2.24) is 0 Å². The molecule has 0 saturated heterocycles. The number of carbonyl (C=O) groups excluding carboxylic acids is 2. The molecule has 29 heavy (non-hydrogen) atoms. The quantitative estimate of drug-likeness (QED) is 0.285. The number of benzene rings is 1. The highest BCUT2D eigenvalue weighted by atomic mass is 16.5. The van der Waals surface area contributed by atoms with Gasteiger partial charge in [0.05, 0.1) is 25.4 Å². The van der Waals surface area contributed by atoms with E-state index in [0.717, 1.165) is 31.4 Å². The summed E-state index contributed by atoms with van der Waals surface area (Å²) in [6.45, 7) is 7.04. The van der Waals surface area contributed by atoms with Gasteiger partial charge in [0, 0.05) is 25.7 Å². The molecule has 1 saturated carbocycles. The van der Waals surface area contributed by atoms with E-state index in [-0.39, 0.29) is 18.2 Å². The van der Waals surface area contributed by atoms with E-state index in [9.17, 15) is 9.59 Å². The third kappa shape index (κ3) is 13.6. The molecule has 0 heterocycles. The molecule has 0 amide bonds. The summed E-state index contributed by atoms with van der Waals surface area (Å²) in [7, 11) is 0. The fourth-order valence-electron chi connectivity index (χ4n) is 2.79. The van der Waals surface area contributed by atoms with Gasteiger partial charge in [0.25, 0.3) is 0 Å². The number of esters is 1. The van der Waals surface area contributed by atoms with Crippen molar-refractivity contribution in [3.63, 3.8) is 0 Å². The third-order valence-corrected chi connectivity index (χ3v) is 4.21. The van der Waals surface area contributed by atoms with E-state index in [2.05, 4.69) is 6.08 Å². The van der Waals surface area contributed by atoms with Crippen LogP contribution in [0, 0.1) is 0 Å². The van der Waals surface area contributed by atoms with Crippen molar-refractivity contribution in [2.45, 2.75) is 77.9 Å². The Morgan fingerprint density at radius 1 is 1.17 bits per heavy atom. The molecule has 0 bridgehead atoms. The van der Waals surface area contributed by atoms with Crippen molar-refractivity contribution < 1.29 is 23.8 Å². The second kappa shape index (κ2) is 15.7. The smallest absolute Gasteiger partial charge is 0.306 e. The number of hydrogen-bond donors (Lipinski definition) is 0. The van der Waals surface area contributed by atoms with E-state index in [0.29, 0.717) is 38.3 Å². The number of rotatable bonds is 11. The van der Waals surface area contributed by atoms with Crippen LogP contribution in [0.25, 0.3) is 0 Å². The fraction of sp³-hybridized carbons (Fsp3) is 0.583. The summed E-state index contributed by atoms with van der Waals surface area (Å²) >= 11 is 0. The van der Waals surface area contributed by atoms with Crippen molar-refractivity contribution in [3.8, 4) is 5.75 Å². The standard InChI is InChI=1S/C14H18O3.C10H18O2/c15-12-7-8-14(11-12)17-10-4-9-16-13-5-2-1-3-6-13;1-4-5-6-7-8-10(11)12-9(2)3/h1-3,5-6,14H,4,7-11H2;4-5,9H,6-8H2,1-3H3/b;5-4-/t14-;/m0./s1. The Balaban J connectivity index is 0.000000311. The summed E-state index contributed by atoms with van der Waals surface area (Å²) in [5.74, 6) is 1.13. The summed E-state index contributed by atoms with van der Waals surface area (Å²) in [4.78, 5) is 22.0. The van der Waals surface area contributed by atoms with E-state index in [1.165, 1.54) is 0 Å². The van der Waals surface area contributed by atoms with Gasteiger partial charge in [0.15, 0.2) is 0 Å². The molecule has 1 aliphatic carbocycles. The average molecular weight is 405 g/mol. The lowest BCUT2D eigenvalue weighted by Gasteiger charge is -2.10. The molecule has 0 unspecified atom stereocenters. The van der Waals surface area contributed by atoms with Crippen molar-refractivity contribution in [1.29, 1.82) is 0 Å². The SMILES string of the molecule is C/C=C\CCCC(=O)OC(C)C.O=C1CC[C@H](OCCCOc2ccccc2)C1. The molecule has 2 rings (SSSR count). The maximum atomic E-state index is 11.0. The van der Waals surface area contributed by atoms with Crippen LogP contribution >= 0.6 is 0 Å². The minimum absolute atomic E-state index is 0.0132. The number of ketones is 1. The second-order valence-electron chi connectivity index (χ2n) is 7.29. The summed E-state index contributed by atoms with van der Waals surface area (Å²) in [5, 5.41) is 0. The number of carbonyl (C=O) groups is 2. The van der Waals surface area contributed by atoms with Gasteiger partial charge in [-0.15, -0.1) is 0 Å². The zero-order chi connectivity index (χ0) is 21.3. The summed E-state index contributed by atoms with van der Waals surface area (Å²) in [6.07, 6.45) is 9.62. The molecule has 1 aromatic rings. The van der Waals surface area contributed by atoms with Crippen molar-refractivity contribution >= 4 is 11.8 Å². The van der Waals surface area contributed by atoms with Gasteiger partial charge >= 0.3 is 5.97 Å². The topological polar surface area (TPSA) is 61.8 Å². The monoisotopic (exact) mass is 404 g/mol.